The van der Waals surface area contributed by atoms with Crippen molar-refractivity contribution in [3.05, 3.63) is 51.6 Å². The Hall–Kier alpha value is -2.29. The van der Waals surface area contributed by atoms with Crippen molar-refractivity contribution in [3.63, 3.8) is 0 Å². The second-order valence-corrected chi connectivity index (χ2v) is 10.6. The van der Waals surface area contributed by atoms with E-state index in [1.165, 1.54) is 6.20 Å². The quantitative estimate of drug-likeness (QED) is 0.298. The fourth-order valence-electron chi connectivity index (χ4n) is 4.92. The summed E-state index contributed by atoms with van der Waals surface area (Å²) in [6.07, 6.45) is 6.44. The average Bonchev–Trinajstić information content (AvgIpc) is 3.39. The van der Waals surface area contributed by atoms with Crippen LogP contribution in [0.1, 0.15) is 55.3 Å². The molecule has 0 bridgehead atoms. The van der Waals surface area contributed by atoms with Crippen molar-refractivity contribution >= 4 is 39.8 Å². The lowest BCUT2D eigenvalue weighted by Crippen LogP contribution is -2.44. The maximum absolute atomic E-state index is 15.6. The molecule has 3 heterocycles. The molecule has 1 atom stereocenters. The second-order valence-electron chi connectivity index (χ2n) is 9.22. The summed E-state index contributed by atoms with van der Waals surface area (Å²) < 4.78 is 20.9. The molecular formula is C26H31ClFN3O3S. The largest absolute Gasteiger partial charge is 0.497 e. The smallest absolute Gasteiger partial charge is 0.309 e. The first-order valence-electron chi connectivity index (χ1n) is 12.0. The molecule has 6 nitrogen and oxygen atoms in total. The number of ether oxygens (including phenoxy) is 1. The van der Waals surface area contributed by atoms with Gasteiger partial charge in [-0.25, -0.2) is 9.37 Å². The van der Waals surface area contributed by atoms with E-state index in [4.69, 9.17) is 16.3 Å². The number of likely N-dealkylation sites (tertiary alicyclic amines) is 1. The zero-order valence-electron chi connectivity index (χ0n) is 19.9. The van der Waals surface area contributed by atoms with Gasteiger partial charge in [0.15, 0.2) is 0 Å². The molecule has 3 aromatic rings. The molecule has 1 N–H and O–H groups in total. The number of pyridine rings is 1. The summed E-state index contributed by atoms with van der Waals surface area (Å²) in [5.74, 6) is -0.239. The van der Waals surface area contributed by atoms with Crippen molar-refractivity contribution < 1.29 is 19.0 Å². The van der Waals surface area contributed by atoms with E-state index in [1.54, 1.807) is 36.6 Å². The third-order valence-electron chi connectivity index (χ3n) is 7.12. The van der Waals surface area contributed by atoms with E-state index < -0.39 is 17.6 Å². The summed E-state index contributed by atoms with van der Waals surface area (Å²) in [7, 11) is 1.55. The minimum Gasteiger partial charge on any atom is -0.497 e. The number of carbonyl (C=O) groups is 1. The number of benzene rings is 1. The molecule has 1 aromatic carbocycles. The van der Waals surface area contributed by atoms with Gasteiger partial charge in [-0.3, -0.25) is 9.78 Å². The highest BCUT2D eigenvalue weighted by Gasteiger charge is 2.41. The molecule has 0 spiro atoms. The number of halogens is 2. The molecule has 0 amide bonds. The number of carboxylic acid groups (broad SMARTS) is 1. The van der Waals surface area contributed by atoms with E-state index in [9.17, 15) is 9.90 Å². The standard InChI is InChI=1S/C26H31ClFN3O3S/c1-34-18-5-6-22-19(16-18)24(20(27)17-30-22)21(28)7-8-26(25(32)33)9-13-31(14-10-26)12-3-2-4-23-29-11-15-35-23/h5-6,11,15-17,21H,2-4,7-10,12-14H2,1H3,(H,32,33)/t21-/m0/s1. The molecule has 0 aliphatic carbocycles. The number of fused-ring (bicyclic) bond motifs is 1. The molecule has 0 radical (unpaired) electrons. The molecule has 0 unspecified atom stereocenters. The van der Waals surface area contributed by atoms with Crippen LogP contribution in [0.4, 0.5) is 4.39 Å². The number of piperidine rings is 1. The van der Waals surface area contributed by atoms with E-state index in [0.717, 1.165) is 43.9 Å². The highest BCUT2D eigenvalue weighted by molar-refractivity contribution is 7.09. The Morgan fingerprint density at radius 2 is 2.11 bits per heavy atom. The van der Waals surface area contributed by atoms with Crippen LogP contribution in [0, 0.1) is 5.41 Å². The monoisotopic (exact) mass is 519 g/mol. The Morgan fingerprint density at radius 1 is 1.31 bits per heavy atom. The van der Waals surface area contributed by atoms with Gasteiger partial charge in [0.05, 0.1) is 28.1 Å². The topological polar surface area (TPSA) is 75.6 Å². The van der Waals surface area contributed by atoms with E-state index in [-0.39, 0.29) is 17.9 Å². The van der Waals surface area contributed by atoms with Crippen molar-refractivity contribution in [2.45, 2.75) is 51.1 Å². The summed E-state index contributed by atoms with van der Waals surface area (Å²) in [5.41, 5.74) is 0.0760. The molecule has 188 valence electrons. The number of hydrogen-bond acceptors (Lipinski definition) is 6. The van der Waals surface area contributed by atoms with Gasteiger partial charge in [0.1, 0.15) is 11.9 Å². The highest BCUT2D eigenvalue weighted by atomic mass is 35.5. The van der Waals surface area contributed by atoms with E-state index in [2.05, 4.69) is 14.9 Å². The summed E-state index contributed by atoms with van der Waals surface area (Å²) in [6, 6.07) is 5.27. The number of unbranched alkanes of at least 4 members (excludes halogenated alkanes) is 1. The number of aromatic nitrogens is 2. The van der Waals surface area contributed by atoms with Gasteiger partial charge in [-0.2, -0.15) is 0 Å². The maximum atomic E-state index is 15.6. The maximum Gasteiger partial charge on any atom is 0.309 e. The first kappa shape index (κ1) is 25.8. The molecular weight excluding hydrogens is 489 g/mol. The van der Waals surface area contributed by atoms with Crippen molar-refractivity contribution in [2.75, 3.05) is 26.7 Å². The summed E-state index contributed by atoms with van der Waals surface area (Å²) in [4.78, 5) is 23.2. The van der Waals surface area contributed by atoms with Crippen LogP contribution in [0.3, 0.4) is 0 Å². The Balaban J connectivity index is 1.35. The van der Waals surface area contributed by atoms with Crippen molar-refractivity contribution in [1.29, 1.82) is 0 Å². The average molecular weight is 520 g/mol. The number of aliphatic carboxylic acids is 1. The normalized spacial score (nSPS) is 16.9. The molecule has 1 aliphatic heterocycles. The van der Waals surface area contributed by atoms with Crippen LogP contribution in [0.15, 0.2) is 36.0 Å². The van der Waals surface area contributed by atoms with Gasteiger partial charge in [-0.05, 0) is 82.8 Å². The van der Waals surface area contributed by atoms with Crippen LogP contribution in [-0.2, 0) is 11.2 Å². The fourth-order valence-corrected chi connectivity index (χ4v) is 5.86. The van der Waals surface area contributed by atoms with E-state index in [1.807, 2.05) is 11.6 Å². The predicted molar refractivity (Wildman–Crippen MR) is 137 cm³/mol. The first-order chi connectivity index (χ1) is 16.9. The van der Waals surface area contributed by atoms with Crippen LogP contribution in [-0.4, -0.2) is 52.7 Å². The highest BCUT2D eigenvalue weighted by Crippen LogP contribution is 2.42. The number of hydrogen-bond donors (Lipinski definition) is 1. The van der Waals surface area contributed by atoms with Gasteiger partial charge < -0.3 is 14.7 Å². The van der Waals surface area contributed by atoms with Gasteiger partial charge in [0.2, 0.25) is 0 Å². The van der Waals surface area contributed by atoms with Crippen molar-refractivity contribution in [2.24, 2.45) is 5.41 Å². The van der Waals surface area contributed by atoms with Gasteiger partial charge in [-0.15, -0.1) is 11.3 Å². The minimum atomic E-state index is -1.39. The third-order valence-corrected chi connectivity index (χ3v) is 8.26. The Bertz CT molecular complexity index is 1140. The Morgan fingerprint density at radius 3 is 2.80 bits per heavy atom. The van der Waals surface area contributed by atoms with Crippen molar-refractivity contribution in [1.82, 2.24) is 14.9 Å². The molecule has 0 saturated carbocycles. The SMILES string of the molecule is COc1ccc2ncc(Cl)c([C@@H](F)CCC3(C(=O)O)CCN(CCCCc4nccs4)CC3)c2c1. The summed E-state index contributed by atoms with van der Waals surface area (Å²) in [6.45, 7) is 2.39. The molecule has 1 fully saturated rings. The molecule has 35 heavy (non-hydrogen) atoms. The number of thiazole rings is 1. The van der Waals surface area contributed by atoms with Crippen LogP contribution in [0.25, 0.3) is 10.9 Å². The number of carboxylic acids is 1. The van der Waals surface area contributed by atoms with Crippen LogP contribution in [0.2, 0.25) is 5.02 Å². The zero-order chi connectivity index (χ0) is 24.8. The molecule has 9 heteroatoms. The number of alkyl halides is 1. The first-order valence-corrected chi connectivity index (χ1v) is 13.3. The van der Waals surface area contributed by atoms with E-state index >= 15 is 4.39 Å². The predicted octanol–water partition coefficient (Wildman–Crippen LogP) is 6.33. The Labute approximate surface area is 214 Å². The van der Waals surface area contributed by atoms with Crippen molar-refractivity contribution in [3.8, 4) is 5.75 Å². The van der Waals surface area contributed by atoms with Crippen LogP contribution >= 0.6 is 22.9 Å². The van der Waals surface area contributed by atoms with Gasteiger partial charge in [0, 0.05) is 28.7 Å². The molecule has 1 aliphatic rings. The summed E-state index contributed by atoms with van der Waals surface area (Å²) >= 11 is 8.04. The van der Waals surface area contributed by atoms with Crippen LogP contribution in [0.5, 0.6) is 5.75 Å². The molecule has 4 rings (SSSR count). The molecule has 1 saturated heterocycles. The van der Waals surface area contributed by atoms with Gasteiger partial charge in [-0.1, -0.05) is 11.6 Å². The zero-order valence-corrected chi connectivity index (χ0v) is 21.5. The summed E-state index contributed by atoms with van der Waals surface area (Å²) in [5, 5.41) is 14.1. The minimum absolute atomic E-state index is 0.0934. The lowest BCUT2D eigenvalue weighted by Gasteiger charge is -2.39. The number of methoxy groups -OCH3 is 1. The van der Waals surface area contributed by atoms with Crippen LogP contribution < -0.4 is 4.74 Å². The lowest BCUT2D eigenvalue weighted by molar-refractivity contribution is -0.153. The lowest BCUT2D eigenvalue weighted by atomic mass is 9.74. The number of aryl methyl sites for hydroxylation is 1. The second kappa shape index (κ2) is 11.6. The van der Waals surface area contributed by atoms with Gasteiger partial charge in [0.25, 0.3) is 0 Å². The number of nitrogens with zero attached hydrogens (tertiary/aromatic N) is 3. The number of rotatable bonds is 11. The molecule has 2 aromatic heterocycles. The van der Waals surface area contributed by atoms with E-state index in [0.29, 0.717) is 35.1 Å². The fraction of sp³-hybridized carbons (Fsp3) is 0.500. The third kappa shape index (κ3) is 6.11. The van der Waals surface area contributed by atoms with Gasteiger partial charge >= 0.3 is 5.97 Å². The Kier molecular flexibility index (Phi) is 8.57.